The van der Waals surface area contributed by atoms with Crippen LogP contribution in [0.3, 0.4) is 0 Å². The average molecular weight is 417 g/mol. The molecule has 148 valence electrons. The number of nitrogens with one attached hydrogen (secondary N) is 1. The van der Waals surface area contributed by atoms with Crippen LogP contribution >= 0.6 is 23.2 Å². The normalized spacial score (nSPS) is 32.1. The maximum absolute atomic E-state index is 13.0. The van der Waals surface area contributed by atoms with Crippen molar-refractivity contribution in [2.45, 2.75) is 57.9 Å². The monoisotopic (exact) mass is 416 g/mol. The molecule has 1 aliphatic carbocycles. The number of halogens is 2. The number of aromatic nitrogens is 1. The Morgan fingerprint density at radius 3 is 2.68 bits per heavy atom. The summed E-state index contributed by atoms with van der Waals surface area (Å²) in [5.41, 5.74) is 2.97. The molecule has 1 N–H and O–H groups in total. The Balaban J connectivity index is 1.87. The number of fused-ring (bicyclic) bond motifs is 1. The summed E-state index contributed by atoms with van der Waals surface area (Å²) in [7, 11) is 0. The minimum absolute atomic E-state index is 0.0990. The molecule has 2 heterocycles. The van der Waals surface area contributed by atoms with Gasteiger partial charge in [-0.1, -0.05) is 42.3 Å². The topological polar surface area (TPSA) is 42.0 Å². The van der Waals surface area contributed by atoms with Crippen LogP contribution in [0.1, 0.15) is 61.8 Å². The first-order valence-corrected chi connectivity index (χ1v) is 10.8. The maximum atomic E-state index is 13.0. The van der Waals surface area contributed by atoms with E-state index < -0.39 is 0 Å². The van der Waals surface area contributed by atoms with Crippen LogP contribution in [0, 0.1) is 18.3 Å². The lowest BCUT2D eigenvalue weighted by atomic mass is 9.55. The summed E-state index contributed by atoms with van der Waals surface area (Å²) in [5, 5.41) is 4.66. The predicted molar refractivity (Wildman–Crippen MR) is 114 cm³/mol. The molecule has 1 aromatic carbocycles. The summed E-state index contributed by atoms with van der Waals surface area (Å²) in [5.74, 6) is 0.705. The van der Waals surface area contributed by atoms with E-state index >= 15 is 0 Å². The molecule has 2 aliphatic rings. The molecule has 28 heavy (non-hydrogen) atoms. The van der Waals surface area contributed by atoms with Gasteiger partial charge >= 0.3 is 0 Å². The van der Waals surface area contributed by atoms with E-state index in [4.69, 9.17) is 28.2 Å². The number of hydrogen-bond acceptors (Lipinski definition) is 2. The number of carbonyl (C=O) groups is 1. The van der Waals surface area contributed by atoms with Crippen LogP contribution in [-0.2, 0) is 4.79 Å². The zero-order valence-corrected chi connectivity index (χ0v) is 18.0. The Kier molecular flexibility index (Phi) is 5.18. The minimum atomic E-state index is -0.334. The third kappa shape index (κ3) is 3.04. The van der Waals surface area contributed by atoms with Gasteiger partial charge in [0.2, 0.25) is 5.91 Å². The molecule has 0 spiro atoms. The van der Waals surface area contributed by atoms with Gasteiger partial charge in [0.05, 0.1) is 10.4 Å². The summed E-state index contributed by atoms with van der Waals surface area (Å²) in [6, 6.07) is 10.3. The highest BCUT2D eigenvalue weighted by molar-refractivity contribution is 6.31. The first kappa shape index (κ1) is 19.7. The van der Waals surface area contributed by atoms with Crippen molar-refractivity contribution in [1.82, 2.24) is 10.3 Å². The fourth-order valence-electron chi connectivity index (χ4n) is 5.68. The van der Waals surface area contributed by atoms with E-state index in [1.165, 1.54) is 0 Å². The van der Waals surface area contributed by atoms with Crippen molar-refractivity contribution >= 4 is 29.1 Å². The van der Waals surface area contributed by atoms with Crippen molar-refractivity contribution in [1.29, 1.82) is 0 Å². The summed E-state index contributed by atoms with van der Waals surface area (Å²) < 4.78 is 0. The Labute approximate surface area is 176 Å². The molecular weight excluding hydrogens is 391 g/mol. The van der Waals surface area contributed by atoms with E-state index in [1.807, 2.05) is 18.2 Å². The SMILES string of the molecule is CC[C@@]12CC[C@@H](c3ccc(C)cc3Cl)[C@H](c3ccc(Cl)cn3)[C@@H]1[C@@H](C)NC2=O. The van der Waals surface area contributed by atoms with E-state index in [2.05, 4.69) is 38.2 Å². The second-order valence-electron chi connectivity index (χ2n) is 8.39. The minimum Gasteiger partial charge on any atom is -0.353 e. The lowest BCUT2D eigenvalue weighted by molar-refractivity contribution is -0.131. The van der Waals surface area contributed by atoms with Crippen molar-refractivity contribution in [3.8, 4) is 0 Å². The van der Waals surface area contributed by atoms with Crippen LogP contribution in [0.2, 0.25) is 10.0 Å². The molecule has 2 aromatic rings. The third-order valence-corrected chi connectivity index (χ3v) is 7.54. The van der Waals surface area contributed by atoms with E-state index in [9.17, 15) is 4.79 Å². The van der Waals surface area contributed by atoms with Crippen molar-refractivity contribution < 1.29 is 4.79 Å². The van der Waals surface area contributed by atoms with E-state index in [-0.39, 0.29) is 35.1 Å². The van der Waals surface area contributed by atoms with Crippen LogP contribution in [0.4, 0.5) is 0 Å². The number of nitrogens with zero attached hydrogens (tertiary/aromatic N) is 1. The van der Waals surface area contributed by atoms with Crippen molar-refractivity contribution in [2.75, 3.05) is 0 Å². The van der Waals surface area contributed by atoms with Crippen LogP contribution in [0.15, 0.2) is 36.5 Å². The molecule has 5 heteroatoms. The van der Waals surface area contributed by atoms with Crippen LogP contribution in [0.25, 0.3) is 0 Å². The molecule has 2 fully saturated rings. The molecule has 0 bridgehead atoms. The van der Waals surface area contributed by atoms with Gasteiger partial charge in [-0.3, -0.25) is 9.78 Å². The summed E-state index contributed by atoms with van der Waals surface area (Å²) >= 11 is 12.8. The number of benzene rings is 1. The fraction of sp³-hybridized carbons (Fsp3) is 0.478. The molecule has 1 saturated carbocycles. The highest BCUT2D eigenvalue weighted by Gasteiger charge is 2.59. The van der Waals surface area contributed by atoms with E-state index in [0.717, 1.165) is 41.1 Å². The van der Waals surface area contributed by atoms with E-state index in [0.29, 0.717) is 5.02 Å². The zero-order valence-electron chi connectivity index (χ0n) is 16.5. The van der Waals surface area contributed by atoms with Crippen LogP contribution in [-0.4, -0.2) is 16.9 Å². The predicted octanol–water partition coefficient (Wildman–Crippen LogP) is 5.89. The first-order chi connectivity index (χ1) is 13.4. The maximum Gasteiger partial charge on any atom is 0.226 e. The summed E-state index contributed by atoms with van der Waals surface area (Å²) in [4.78, 5) is 17.7. The van der Waals surface area contributed by atoms with Crippen molar-refractivity contribution in [3.05, 3.63) is 63.4 Å². The molecule has 3 nitrogen and oxygen atoms in total. The number of aryl methyl sites for hydroxylation is 1. The van der Waals surface area contributed by atoms with Gasteiger partial charge in [-0.05, 0) is 68.4 Å². The first-order valence-electron chi connectivity index (χ1n) is 10.1. The van der Waals surface area contributed by atoms with E-state index in [1.54, 1.807) is 6.20 Å². The highest BCUT2D eigenvalue weighted by atomic mass is 35.5. The standard InChI is InChI=1S/C23H26Cl2N2O/c1-4-23-10-9-17(16-7-5-13(2)11-18(16)25)20(19-8-6-15(24)12-26-19)21(23)14(3)27-22(23)28/h5-8,11-12,14,17,20-21H,4,9-10H2,1-3H3,(H,27,28)/t14-,17+,20-,21+,23-/m1/s1. The second kappa shape index (κ2) is 7.35. The van der Waals surface area contributed by atoms with Crippen molar-refractivity contribution in [3.63, 3.8) is 0 Å². The summed E-state index contributed by atoms with van der Waals surface area (Å²) in [6.07, 6.45) is 4.35. The lowest BCUT2D eigenvalue weighted by Crippen LogP contribution is -2.44. The van der Waals surface area contributed by atoms with Gasteiger partial charge in [-0.15, -0.1) is 0 Å². The largest absolute Gasteiger partial charge is 0.353 e. The van der Waals surface area contributed by atoms with Crippen molar-refractivity contribution in [2.24, 2.45) is 11.3 Å². The Bertz CT molecular complexity index is 898. The fourth-order valence-corrected chi connectivity index (χ4v) is 6.16. The van der Waals surface area contributed by atoms with Crippen LogP contribution < -0.4 is 5.32 Å². The van der Waals surface area contributed by atoms with Crippen LogP contribution in [0.5, 0.6) is 0 Å². The number of carbonyl (C=O) groups excluding carboxylic acids is 1. The highest BCUT2D eigenvalue weighted by Crippen LogP contribution is 2.60. The molecular formula is C23H26Cl2N2O. The number of pyridine rings is 1. The molecule has 0 unspecified atom stereocenters. The van der Waals surface area contributed by atoms with Gasteiger partial charge in [-0.25, -0.2) is 0 Å². The molecule has 5 atom stereocenters. The molecule has 1 saturated heterocycles. The molecule has 1 aromatic heterocycles. The Morgan fingerprint density at radius 2 is 2.04 bits per heavy atom. The zero-order chi connectivity index (χ0) is 20.1. The molecule has 1 aliphatic heterocycles. The second-order valence-corrected chi connectivity index (χ2v) is 9.24. The molecule has 4 rings (SSSR count). The van der Waals surface area contributed by atoms with Gasteiger partial charge in [0, 0.05) is 34.8 Å². The number of hydrogen-bond donors (Lipinski definition) is 1. The quantitative estimate of drug-likeness (QED) is 0.677. The molecule has 1 amide bonds. The van der Waals surface area contributed by atoms with Gasteiger partial charge in [0.1, 0.15) is 0 Å². The smallest absolute Gasteiger partial charge is 0.226 e. The molecule has 0 radical (unpaired) electrons. The summed E-state index contributed by atoms with van der Waals surface area (Å²) in [6.45, 7) is 6.32. The third-order valence-electron chi connectivity index (χ3n) is 6.99. The average Bonchev–Trinajstić information content (AvgIpc) is 2.93. The Morgan fingerprint density at radius 1 is 1.25 bits per heavy atom. The van der Waals surface area contributed by atoms with Gasteiger partial charge in [-0.2, -0.15) is 0 Å². The lowest BCUT2D eigenvalue weighted by Gasteiger charge is -2.47. The van der Waals surface area contributed by atoms with Gasteiger partial charge < -0.3 is 5.32 Å². The van der Waals surface area contributed by atoms with Gasteiger partial charge in [0.15, 0.2) is 0 Å². The number of rotatable bonds is 3. The Hall–Kier alpha value is -1.58. The van der Waals surface area contributed by atoms with Gasteiger partial charge in [0.25, 0.3) is 0 Å². The number of amides is 1.